The molecule has 0 unspecified atom stereocenters. The van der Waals surface area contributed by atoms with Crippen LogP contribution in [0, 0.1) is 11.8 Å². The zero-order chi connectivity index (χ0) is 25.2. The van der Waals surface area contributed by atoms with Crippen LogP contribution < -0.4 is 10.9 Å². The Balaban J connectivity index is 1.43. The Hall–Kier alpha value is -3.54. The minimum absolute atomic E-state index is 0.0592. The zero-order valence-electron chi connectivity index (χ0n) is 20.3. The van der Waals surface area contributed by atoms with Crippen molar-refractivity contribution in [1.82, 2.24) is 34.7 Å². The molecule has 3 amide bonds. The van der Waals surface area contributed by atoms with Gasteiger partial charge in [0.15, 0.2) is 0 Å². The van der Waals surface area contributed by atoms with E-state index in [4.69, 9.17) is 4.74 Å². The molecular weight excluding hydrogens is 466 g/mol. The maximum Gasteiger partial charge on any atom is 0.263 e. The number of nitrogens with one attached hydrogen (secondary N) is 1. The summed E-state index contributed by atoms with van der Waals surface area (Å²) in [4.78, 5) is 55.1. The van der Waals surface area contributed by atoms with Crippen molar-refractivity contribution in [2.45, 2.75) is 31.8 Å². The van der Waals surface area contributed by atoms with E-state index in [0.717, 1.165) is 0 Å². The summed E-state index contributed by atoms with van der Waals surface area (Å²) in [5, 5.41) is 11.4. The van der Waals surface area contributed by atoms with Crippen molar-refractivity contribution >= 4 is 17.7 Å². The van der Waals surface area contributed by atoms with Gasteiger partial charge >= 0.3 is 0 Å². The topological polar surface area (TPSA) is 132 Å². The van der Waals surface area contributed by atoms with Crippen molar-refractivity contribution in [2.24, 2.45) is 11.8 Å². The van der Waals surface area contributed by atoms with Crippen LogP contribution in [0.15, 0.2) is 29.3 Å². The number of amides is 3. The summed E-state index contributed by atoms with van der Waals surface area (Å²) < 4.78 is 8.56. The lowest BCUT2D eigenvalue weighted by molar-refractivity contribution is -0.137. The number of rotatable bonds is 1. The van der Waals surface area contributed by atoms with E-state index in [2.05, 4.69) is 15.6 Å². The lowest BCUT2D eigenvalue weighted by Gasteiger charge is -2.26. The summed E-state index contributed by atoms with van der Waals surface area (Å²) in [6.07, 6.45) is 5.02. The fourth-order valence-electron chi connectivity index (χ4n) is 5.26. The van der Waals surface area contributed by atoms with Gasteiger partial charge < -0.3 is 24.4 Å². The smallest absolute Gasteiger partial charge is 0.263 e. The Labute approximate surface area is 208 Å². The molecule has 2 saturated heterocycles. The molecular formula is C24H31N7O5. The molecule has 3 aliphatic rings. The van der Waals surface area contributed by atoms with Gasteiger partial charge in [0, 0.05) is 70.9 Å². The molecule has 0 saturated carbocycles. The molecule has 5 rings (SSSR count). The van der Waals surface area contributed by atoms with Crippen LogP contribution >= 0.6 is 0 Å². The predicted molar refractivity (Wildman–Crippen MR) is 127 cm³/mol. The molecule has 0 radical (unpaired) electrons. The second-order valence-corrected chi connectivity index (χ2v) is 9.78. The average molecular weight is 498 g/mol. The third kappa shape index (κ3) is 4.90. The summed E-state index contributed by atoms with van der Waals surface area (Å²) in [7, 11) is 1.60. The fraction of sp³-hybridized carbons (Fsp3) is 0.583. The number of hydrogen-bond acceptors (Lipinski definition) is 7. The Kier molecular flexibility index (Phi) is 6.86. The Bertz CT molecular complexity index is 1200. The SMILES string of the molecule is CN1CCNC(=O)C[C@H]2CN(C(=O)C3CCOCC3)C[C@H]2n2cc(nn2)Cn2cccc(c2=O)C1=O. The molecule has 4 bridgehead atoms. The van der Waals surface area contributed by atoms with E-state index in [1.54, 1.807) is 30.2 Å². The second kappa shape index (κ2) is 10.2. The van der Waals surface area contributed by atoms with Crippen molar-refractivity contribution in [2.75, 3.05) is 46.4 Å². The first-order chi connectivity index (χ1) is 17.4. The van der Waals surface area contributed by atoms with Crippen molar-refractivity contribution < 1.29 is 19.1 Å². The highest BCUT2D eigenvalue weighted by Crippen LogP contribution is 2.32. The number of carbonyl (C=O) groups excluding carboxylic acids is 3. The zero-order valence-corrected chi connectivity index (χ0v) is 20.3. The summed E-state index contributed by atoms with van der Waals surface area (Å²) in [5.41, 5.74) is 0.204. The van der Waals surface area contributed by atoms with Crippen LogP contribution in [0.2, 0.25) is 0 Å². The van der Waals surface area contributed by atoms with Crippen molar-refractivity contribution in [1.29, 1.82) is 0 Å². The third-order valence-electron chi connectivity index (χ3n) is 7.33. The first-order valence-corrected chi connectivity index (χ1v) is 12.4. The summed E-state index contributed by atoms with van der Waals surface area (Å²) in [6.45, 7) is 2.77. The number of likely N-dealkylation sites (N-methyl/N-ethyl adjacent to an activating group) is 1. The van der Waals surface area contributed by atoms with E-state index in [1.165, 1.54) is 15.5 Å². The van der Waals surface area contributed by atoms with Crippen LogP contribution in [-0.2, 0) is 20.9 Å². The maximum absolute atomic E-state index is 13.2. The highest BCUT2D eigenvalue weighted by atomic mass is 16.5. The molecule has 0 aliphatic carbocycles. The number of ether oxygens (including phenoxy) is 1. The van der Waals surface area contributed by atoms with Crippen LogP contribution in [0.1, 0.15) is 41.4 Å². The summed E-state index contributed by atoms with van der Waals surface area (Å²) in [5.74, 6) is -0.659. The van der Waals surface area contributed by atoms with Gasteiger partial charge in [-0.3, -0.25) is 19.2 Å². The molecule has 12 nitrogen and oxygen atoms in total. The van der Waals surface area contributed by atoms with Crippen molar-refractivity contribution in [3.8, 4) is 0 Å². The number of carbonyl (C=O) groups is 3. The molecule has 1 N–H and O–H groups in total. The maximum atomic E-state index is 13.2. The van der Waals surface area contributed by atoms with Gasteiger partial charge in [0.25, 0.3) is 11.5 Å². The Morgan fingerprint density at radius 3 is 2.78 bits per heavy atom. The van der Waals surface area contributed by atoms with E-state index in [9.17, 15) is 19.2 Å². The van der Waals surface area contributed by atoms with Crippen LogP contribution in [-0.4, -0.2) is 93.5 Å². The van der Waals surface area contributed by atoms with E-state index in [-0.39, 0.29) is 61.3 Å². The van der Waals surface area contributed by atoms with Gasteiger partial charge in [-0.1, -0.05) is 5.21 Å². The fourth-order valence-corrected chi connectivity index (χ4v) is 5.26. The highest BCUT2D eigenvalue weighted by molar-refractivity contribution is 5.93. The van der Waals surface area contributed by atoms with Crippen LogP contribution in [0.5, 0.6) is 0 Å². The summed E-state index contributed by atoms with van der Waals surface area (Å²) >= 11 is 0. The van der Waals surface area contributed by atoms with E-state index >= 15 is 0 Å². The monoisotopic (exact) mass is 497 g/mol. The number of likely N-dealkylation sites (tertiary alicyclic amines) is 1. The molecule has 2 fully saturated rings. The lowest BCUT2D eigenvalue weighted by atomic mass is 9.98. The molecule has 36 heavy (non-hydrogen) atoms. The van der Waals surface area contributed by atoms with E-state index < -0.39 is 11.5 Å². The number of aromatic nitrogens is 4. The molecule has 12 heteroatoms. The van der Waals surface area contributed by atoms with Gasteiger partial charge in [0.1, 0.15) is 11.3 Å². The van der Waals surface area contributed by atoms with Gasteiger partial charge in [-0.25, -0.2) is 4.68 Å². The van der Waals surface area contributed by atoms with E-state index in [0.29, 0.717) is 44.8 Å². The van der Waals surface area contributed by atoms with Crippen LogP contribution in [0.3, 0.4) is 0 Å². The molecule has 3 aliphatic heterocycles. The first kappa shape index (κ1) is 24.2. The van der Waals surface area contributed by atoms with Gasteiger partial charge in [-0.2, -0.15) is 0 Å². The minimum atomic E-state index is -0.410. The van der Waals surface area contributed by atoms with Crippen molar-refractivity contribution in [3.05, 3.63) is 46.1 Å². The molecule has 5 heterocycles. The first-order valence-electron chi connectivity index (χ1n) is 12.4. The van der Waals surface area contributed by atoms with Crippen molar-refractivity contribution in [3.63, 3.8) is 0 Å². The molecule has 192 valence electrons. The number of hydrogen-bond donors (Lipinski definition) is 1. The van der Waals surface area contributed by atoms with Gasteiger partial charge in [-0.15, -0.1) is 5.10 Å². The van der Waals surface area contributed by atoms with Crippen LogP contribution in [0.4, 0.5) is 0 Å². The minimum Gasteiger partial charge on any atom is -0.381 e. The molecule has 0 aromatic carbocycles. The van der Waals surface area contributed by atoms with Crippen LogP contribution in [0.25, 0.3) is 0 Å². The highest BCUT2D eigenvalue weighted by Gasteiger charge is 2.40. The molecule has 2 aromatic rings. The number of nitrogens with zero attached hydrogens (tertiary/aromatic N) is 6. The second-order valence-electron chi connectivity index (χ2n) is 9.78. The van der Waals surface area contributed by atoms with Gasteiger partial charge in [0.2, 0.25) is 11.8 Å². The third-order valence-corrected chi connectivity index (χ3v) is 7.33. The predicted octanol–water partition coefficient (Wildman–Crippen LogP) is -0.494. The quantitative estimate of drug-likeness (QED) is 0.562. The standard InChI is InChI=1S/C24H31N7O5/c1-28-8-6-25-21(32)11-17-12-30(22(33)16-4-9-36-10-5-16)15-20(17)31-14-18(26-27-31)13-29-7-2-3-19(23(28)34)24(29)35/h2-3,7,14,16-17,20H,4-6,8-13,15H2,1H3,(H,25,32)/t17-,20+/m0/s1. The Morgan fingerprint density at radius 1 is 1.17 bits per heavy atom. The van der Waals surface area contributed by atoms with E-state index in [1.807, 2.05) is 4.90 Å². The molecule has 0 spiro atoms. The largest absolute Gasteiger partial charge is 0.381 e. The lowest BCUT2D eigenvalue weighted by Crippen LogP contribution is -2.39. The number of fused-ring (bicyclic) bond motifs is 6. The van der Waals surface area contributed by atoms with Gasteiger partial charge in [0.05, 0.1) is 18.8 Å². The molecule has 2 aromatic heterocycles. The Morgan fingerprint density at radius 2 is 1.97 bits per heavy atom. The normalized spacial score (nSPS) is 23.9. The molecule has 2 atom stereocenters. The average Bonchev–Trinajstić information content (AvgIpc) is 3.51. The van der Waals surface area contributed by atoms with Gasteiger partial charge in [-0.05, 0) is 25.0 Å². The number of pyridine rings is 1. The summed E-state index contributed by atoms with van der Waals surface area (Å²) in [6, 6.07) is 2.95.